The zero-order valence-electron chi connectivity index (χ0n) is 9.12. The summed E-state index contributed by atoms with van der Waals surface area (Å²) in [7, 11) is 2.10. The van der Waals surface area contributed by atoms with Crippen LogP contribution in [0.3, 0.4) is 0 Å². The molecule has 1 aliphatic carbocycles. The third-order valence-electron chi connectivity index (χ3n) is 3.24. The first-order valence-electron chi connectivity index (χ1n) is 5.36. The molecular weight excluding hydrogens is 178 g/mol. The van der Waals surface area contributed by atoms with Gasteiger partial charge in [0.25, 0.3) is 0 Å². The summed E-state index contributed by atoms with van der Waals surface area (Å²) in [6.45, 7) is 2.08. The number of nitrogens with one attached hydrogen (secondary N) is 1. The van der Waals surface area contributed by atoms with E-state index in [1.165, 1.54) is 25.7 Å². The van der Waals surface area contributed by atoms with Gasteiger partial charge in [0.2, 0.25) is 5.91 Å². The van der Waals surface area contributed by atoms with Crippen molar-refractivity contribution in [1.29, 1.82) is 0 Å². The van der Waals surface area contributed by atoms with Crippen LogP contribution in [0, 0.1) is 0 Å². The van der Waals surface area contributed by atoms with E-state index in [4.69, 9.17) is 5.84 Å². The summed E-state index contributed by atoms with van der Waals surface area (Å²) in [6, 6.07) is 0.942. The number of hydrazine groups is 1. The van der Waals surface area contributed by atoms with Crippen LogP contribution in [0.15, 0.2) is 0 Å². The van der Waals surface area contributed by atoms with Crippen LogP contribution >= 0.6 is 0 Å². The van der Waals surface area contributed by atoms with Gasteiger partial charge in [-0.3, -0.25) is 10.2 Å². The molecule has 1 rings (SSSR count). The van der Waals surface area contributed by atoms with Gasteiger partial charge in [0.1, 0.15) is 0 Å². The molecule has 1 atom stereocenters. The van der Waals surface area contributed by atoms with E-state index in [0.717, 1.165) is 0 Å². The molecule has 1 saturated carbocycles. The molecule has 1 fully saturated rings. The average molecular weight is 199 g/mol. The highest BCUT2D eigenvalue weighted by molar-refractivity contribution is 5.75. The van der Waals surface area contributed by atoms with Crippen molar-refractivity contribution >= 4 is 5.91 Å². The number of nitrogens with two attached hydrogens (primary N) is 1. The van der Waals surface area contributed by atoms with E-state index >= 15 is 0 Å². The Kier molecular flexibility index (Phi) is 4.35. The predicted octanol–water partition coefficient (Wildman–Crippen LogP) is 0.629. The lowest BCUT2D eigenvalue weighted by Gasteiger charge is -2.30. The quantitative estimate of drug-likeness (QED) is 0.396. The van der Waals surface area contributed by atoms with Crippen LogP contribution in [0.25, 0.3) is 0 Å². The molecule has 0 aliphatic heterocycles. The fourth-order valence-electron chi connectivity index (χ4n) is 2.14. The minimum Gasteiger partial charge on any atom is -0.300 e. The summed E-state index contributed by atoms with van der Waals surface area (Å²) >= 11 is 0. The van der Waals surface area contributed by atoms with Gasteiger partial charge in [-0.1, -0.05) is 12.8 Å². The Hall–Kier alpha value is -0.610. The highest BCUT2D eigenvalue weighted by atomic mass is 16.2. The molecule has 0 aromatic carbocycles. The van der Waals surface area contributed by atoms with Crippen LogP contribution in [0.5, 0.6) is 0 Å². The molecule has 1 aliphatic rings. The van der Waals surface area contributed by atoms with Gasteiger partial charge < -0.3 is 4.90 Å². The predicted molar refractivity (Wildman–Crippen MR) is 56.4 cm³/mol. The second-order valence-electron chi connectivity index (χ2n) is 4.22. The topological polar surface area (TPSA) is 58.4 Å². The molecule has 0 radical (unpaired) electrons. The van der Waals surface area contributed by atoms with Crippen LogP contribution < -0.4 is 11.3 Å². The zero-order chi connectivity index (χ0) is 10.6. The van der Waals surface area contributed by atoms with Crippen LogP contribution in [0.2, 0.25) is 0 Å². The lowest BCUT2D eigenvalue weighted by atomic mass is 10.1. The van der Waals surface area contributed by atoms with E-state index in [2.05, 4.69) is 24.3 Å². The van der Waals surface area contributed by atoms with Gasteiger partial charge in [-0.05, 0) is 26.8 Å². The number of nitrogens with zero attached hydrogens (tertiary/aromatic N) is 1. The maximum absolute atomic E-state index is 11.1. The molecule has 0 bridgehead atoms. The van der Waals surface area contributed by atoms with E-state index in [0.29, 0.717) is 12.5 Å². The van der Waals surface area contributed by atoms with E-state index < -0.39 is 0 Å². The van der Waals surface area contributed by atoms with E-state index in [9.17, 15) is 4.79 Å². The van der Waals surface area contributed by atoms with Gasteiger partial charge in [-0.15, -0.1) is 0 Å². The molecule has 3 N–H and O–H groups in total. The molecule has 82 valence electrons. The van der Waals surface area contributed by atoms with E-state index in [-0.39, 0.29) is 11.9 Å². The molecule has 4 nitrogen and oxygen atoms in total. The average Bonchev–Trinajstić information content (AvgIpc) is 2.69. The third-order valence-corrected chi connectivity index (χ3v) is 3.24. The van der Waals surface area contributed by atoms with Gasteiger partial charge in [-0.2, -0.15) is 0 Å². The van der Waals surface area contributed by atoms with Gasteiger partial charge in [-0.25, -0.2) is 5.84 Å². The molecule has 0 saturated heterocycles. The van der Waals surface area contributed by atoms with Crippen LogP contribution in [-0.4, -0.2) is 29.9 Å². The maximum atomic E-state index is 11.1. The minimum atomic E-state index is -0.0812. The SMILES string of the molecule is CC(CC(=O)NN)N(C)C1CCCC1. The van der Waals surface area contributed by atoms with Crippen molar-refractivity contribution in [3.05, 3.63) is 0 Å². The van der Waals surface area contributed by atoms with Crippen molar-refractivity contribution in [1.82, 2.24) is 10.3 Å². The van der Waals surface area contributed by atoms with Crippen molar-refractivity contribution in [2.75, 3.05) is 7.05 Å². The molecule has 1 unspecified atom stereocenters. The summed E-state index contributed by atoms with van der Waals surface area (Å²) in [5.74, 6) is 4.97. The summed E-state index contributed by atoms with van der Waals surface area (Å²) in [5, 5.41) is 0. The summed E-state index contributed by atoms with van der Waals surface area (Å²) in [5.41, 5.74) is 2.18. The first kappa shape index (κ1) is 11.5. The summed E-state index contributed by atoms with van der Waals surface area (Å²) in [4.78, 5) is 13.4. The van der Waals surface area contributed by atoms with Crippen molar-refractivity contribution in [3.8, 4) is 0 Å². The summed E-state index contributed by atoms with van der Waals surface area (Å²) < 4.78 is 0. The van der Waals surface area contributed by atoms with Crippen molar-refractivity contribution in [2.24, 2.45) is 5.84 Å². The van der Waals surface area contributed by atoms with Gasteiger partial charge in [0.05, 0.1) is 0 Å². The largest absolute Gasteiger partial charge is 0.300 e. The van der Waals surface area contributed by atoms with Crippen molar-refractivity contribution in [2.45, 2.75) is 51.1 Å². The summed E-state index contributed by atoms with van der Waals surface area (Å²) in [6.07, 6.45) is 5.68. The Bertz CT molecular complexity index is 190. The monoisotopic (exact) mass is 199 g/mol. The third kappa shape index (κ3) is 2.96. The fourth-order valence-corrected chi connectivity index (χ4v) is 2.14. The van der Waals surface area contributed by atoms with Gasteiger partial charge >= 0.3 is 0 Å². The van der Waals surface area contributed by atoms with Crippen molar-refractivity contribution in [3.63, 3.8) is 0 Å². The lowest BCUT2D eigenvalue weighted by Crippen LogP contribution is -2.41. The molecule has 14 heavy (non-hydrogen) atoms. The van der Waals surface area contributed by atoms with E-state index in [1.807, 2.05) is 0 Å². The Morgan fingerprint density at radius 3 is 2.64 bits per heavy atom. The van der Waals surface area contributed by atoms with Crippen LogP contribution in [0.4, 0.5) is 0 Å². The molecule has 0 heterocycles. The molecule has 1 amide bonds. The number of hydrogen-bond acceptors (Lipinski definition) is 3. The number of carbonyl (C=O) groups excluding carboxylic acids is 1. The standard InChI is InChI=1S/C10H21N3O/c1-8(7-10(14)12-11)13(2)9-5-3-4-6-9/h8-9H,3-7,11H2,1-2H3,(H,12,14). The molecule has 0 spiro atoms. The number of carbonyl (C=O) groups is 1. The highest BCUT2D eigenvalue weighted by Crippen LogP contribution is 2.24. The number of hydrogen-bond donors (Lipinski definition) is 2. The lowest BCUT2D eigenvalue weighted by molar-refractivity contribution is -0.122. The number of amides is 1. The van der Waals surface area contributed by atoms with Gasteiger partial charge in [0, 0.05) is 18.5 Å². The number of rotatable bonds is 4. The Labute approximate surface area is 85.8 Å². The highest BCUT2D eigenvalue weighted by Gasteiger charge is 2.24. The maximum Gasteiger partial charge on any atom is 0.235 e. The zero-order valence-corrected chi connectivity index (χ0v) is 9.12. The Morgan fingerprint density at radius 1 is 1.57 bits per heavy atom. The smallest absolute Gasteiger partial charge is 0.235 e. The normalized spacial score (nSPS) is 20.0. The van der Waals surface area contributed by atoms with Crippen molar-refractivity contribution < 1.29 is 4.79 Å². The second-order valence-corrected chi connectivity index (χ2v) is 4.22. The van der Waals surface area contributed by atoms with Crippen LogP contribution in [-0.2, 0) is 4.79 Å². The second kappa shape index (κ2) is 5.32. The molecule has 4 heteroatoms. The Morgan fingerprint density at radius 2 is 2.14 bits per heavy atom. The van der Waals surface area contributed by atoms with E-state index in [1.54, 1.807) is 0 Å². The first-order chi connectivity index (χ1) is 6.65. The molecular formula is C10H21N3O. The van der Waals surface area contributed by atoms with Crippen LogP contribution in [0.1, 0.15) is 39.0 Å². The van der Waals surface area contributed by atoms with Gasteiger partial charge in [0.15, 0.2) is 0 Å². The molecule has 0 aromatic rings. The first-order valence-corrected chi connectivity index (χ1v) is 5.36. The minimum absolute atomic E-state index is 0.0812. The molecule has 0 aromatic heterocycles. The fraction of sp³-hybridized carbons (Fsp3) is 0.900. The Balaban J connectivity index is 2.34.